The summed E-state index contributed by atoms with van der Waals surface area (Å²) in [5.74, 6) is -11.3. The van der Waals surface area contributed by atoms with Crippen LogP contribution in [0.1, 0.15) is 0 Å². The highest BCUT2D eigenvalue weighted by atomic mass is 19.4. The predicted octanol–water partition coefficient (Wildman–Crippen LogP) is 6.01. The first-order valence-electron chi connectivity index (χ1n) is 8.94. The molecule has 0 aliphatic carbocycles. The van der Waals surface area contributed by atoms with Crippen LogP contribution in [0.3, 0.4) is 0 Å². The zero-order chi connectivity index (χ0) is 30.1. The molecule has 0 aromatic heterocycles. The monoisotopic (exact) mass is 597 g/mol. The Morgan fingerprint density at radius 3 is 1.37 bits per heavy atom. The lowest BCUT2D eigenvalue weighted by Crippen LogP contribution is -2.89. The number of carbonyl (C=O) groups excluding carboxylic acids is 1. The number of carbonyl (C=O) groups is 1. The predicted molar refractivity (Wildman–Crippen MR) is 86.0 cm³/mol. The van der Waals surface area contributed by atoms with Gasteiger partial charge in [-0.1, -0.05) is 4.90 Å². The van der Waals surface area contributed by atoms with Crippen molar-refractivity contribution in [3.05, 3.63) is 24.3 Å². The summed E-state index contributed by atoms with van der Waals surface area (Å²) in [5, 5.41) is 0.704. The number of amides is 1. The molecule has 0 bridgehead atoms. The average Bonchev–Trinajstić information content (AvgIpc) is 2.70. The topological polar surface area (TPSA) is 44.8 Å². The minimum Gasteiger partial charge on any atom is -0.497 e. The highest BCUT2D eigenvalue weighted by molar-refractivity contribution is 5.97. The molecular weight excluding hydrogens is 589 g/mol. The largest absolute Gasteiger partial charge is 0.497 e. The van der Waals surface area contributed by atoms with Gasteiger partial charge in [-0.05, 0) is 24.3 Å². The number of piperazine rings is 1. The van der Waals surface area contributed by atoms with Crippen molar-refractivity contribution in [1.82, 2.24) is 9.80 Å². The number of nitrogens with one attached hydrogen (secondary N) is 1. The summed E-state index contributed by atoms with van der Waals surface area (Å²) < 4.78 is 238. The van der Waals surface area contributed by atoms with Crippen molar-refractivity contribution in [3.8, 4) is 5.75 Å². The molecule has 38 heavy (non-hydrogen) atoms. The van der Waals surface area contributed by atoms with Crippen LogP contribution in [0.25, 0.3) is 0 Å². The third-order valence-corrected chi connectivity index (χ3v) is 4.80. The number of alkyl halides is 17. The van der Waals surface area contributed by atoms with E-state index in [1.54, 1.807) is 0 Å². The van der Waals surface area contributed by atoms with Crippen LogP contribution in [0.2, 0.25) is 0 Å². The number of anilines is 1. The SMILES string of the molecule is COc1ccc(NC(=O)[C@](F)(N2C(F)(F)C(F)(F)N(C(F)(F)C(F)(F)F)C(F)(F)C2(F)F)C(F)(F)F)cc1. The van der Waals surface area contributed by atoms with Crippen molar-refractivity contribution in [2.24, 2.45) is 0 Å². The second-order valence-corrected chi connectivity index (χ2v) is 7.18. The van der Waals surface area contributed by atoms with E-state index in [4.69, 9.17) is 0 Å². The first kappa shape index (κ1) is 31.4. The molecule has 1 heterocycles. The van der Waals surface area contributed by atoms with Gasteiger partial charge in [0.05, 0.1) is 7.11 Å². The molecular formula is C16H8F17N3O2. The lowest BCUT2D eigenvalue weighted by atomic mass is 10.0. The third-order valence-electron chi connectivity index (χ3n) is 4.80. The van der Waals surface area contributed by atoms with E-state index in [1.165, 1.54) is 0 Å². The van der Waals surface area contributed by atoms with E-state index in [2.05, 4.69) is 4.74 Å². The molecule has 5 nitrogen and oxygen atoms in total. The second kappa shape index (κ2) is 8.61. The van der Waals surface area contributed by atoms with Crippen LogP contribution >= 0.6 is 0 Å². The van der Waals surface area contributed by atoms with Crippen LogP contribution in [0.5, 0.6) is 5.75 Å². The number of ether oxygens (including phenoxy) is 1. The Balaban J connectivity index is 2.84. The van der Waals surface area contributed by atoms with Crippen LogP contribution in [-0.4, -0.2) is 71.2 Å². The lowest BCUT2D eigenvalue weighted by Gasteiger charge is -2.56. The molecule has 0 unspecified atom stereocenters. The molecule has 0 spiro atoms. The smallest absolute Gasteiger partial charge is 0.469 e. The molecule has 0 radical (unpaired) electrons. The average molecular weight is 597 g/mol. The molecule has 22 heteroatoms. The Kier molecular flexibility index (Phi) is 7.12. The van der Waals surface area contributed by atoms with E-state index in [-0.39, 0.29) is 5.75 Å². The summed E-state index contributed by atoms with van der Waals surface area (Å²) >= 11 is 0. The van der Waals surface area contributed by atoms with E-state index in [9.17, 15) is 75.0 Å². The van der Waals surface area contributed by atoms with Gasteiger partial charge >= 0.3 is 48.4 Å². The van der Waals surface area contributed by atoms with Crippen LogP contribution < -0.4 is 10.1 Å². The van der Waals surface area contributed by atoms with Crippen LogP contribution in [-0.2, 0) is 4.79 Å². The molecule has 1 amide bonds. The fourth-order valence-corrected chi connectivity index (χ4v) is 3.00. The zero-order valence-electron chi connectivity index (χ0n) is 17.4. The molecule has 1 aromatic carbocycles. The zero-order valence-corrected chi connectivity index (χ0v) is 17.4. The van der Waals surface area contributed by atoms with E-state index < -0.39 is 69.8 Å². The van der Waals surface area contributed by atoms with Crippen molar-refractivity contribution < 1.29 is 84.2 Å². The molecule has 218 valence electrons. The maximum absolute atomic E-state index is 15.1. The van der Waals surface area contributed by atoms with Gasteiger partial charge in [-0.2, -0.15) is 70.2 Å². The summed E-state index contributed by atoms with van der Waals surface area (Å²) in [6, 6.07) is -37.7. The number of hydrogen-bond donors (Lipinski definition) is 1. The van der Waals surface area contributed by atoms with Crippen molar-refractivity contribution in [2.75, 3.05) is 12.4 Å². The summed E-state index contributed by atoms with van der Waals surface area (Å²) in [6.45, 7) is 0. The molecule has 1 saturated heterocycles. The summed E-state index contributed by atoms with van der Waals surface area (Å²) in [6.07, 6.45) is -15.3. The van der Waals surface area contributed by atoms with Gasteiger partial charge in [-0.15, -0.1) is 4.90 Å². The molecule has 1 aliphatic heterocycles. The van der Waals surface area contributed by atoms with Crippen molar-refractivity contribution in [2.45, 2.75) is 48.4 Å². The number of halogens is 17. The van der Waals surface area contributed by atoms with Gasteiger partial charge in [0.15, 0.2) is 0 Å². The van der Waals surface area contributed by atoms with Crippen LogP contribution in [0.15, 0.2) is 24.3 Å². The van der Waals surface area contributed by atoms with Crippen LogP contribution in [0.4, 0.5) is 80.3 Å². The Labute approximate surface area is 197 Å². The number of rotatable bonds is 5. The Morgan fingerprint density at radius 1 is 0.684 bits per heavy atom. The van der Waals surface area contributed by atoms with Gasteiger partial charge in [0.1, 0.15) is 5.75 Å². The molecule has 1 N–H and O–H groups in total. The van der Waals surface area contributed by atoms with Gasteiger partial charge in [0, 0.05) is 5.69 Å². The molecule has 1 fully saturated rings. The van der Waals surface area contributed by atoms with E-state index in [0.717, 1.165) is 19.2 Å². The maximum atomic E-state index is 15.1. The molecule has 1 aromatic rings. The van der Waals surface area contributed by atoms with Crippen LogP contribution in [0, 0.1) is 0 Å². The standard InChI is InChI=1S/C16H8F17N3O2/c1-38-7-4-2-6(3-5-7)34-8(37)9(17,10(18,19)20)35-13(26,27)15(30,31)36(12(24,25)11(21,22)23)16(32,33)14(35,28)29/h2-5H,1H3,(H,34,37)/t9-/m0/s1. The Bertz CT molecular complexity index is 1020. The Hall–Kier alpha value is -2.78. The first-order valence-corrected chi connectivity index (χ1v) is 8.94. The molecule has 1 atom stereocenters. The van der Waals surface area contributed by atoms with Gasteiger partial charge in [-0.25, -0.2) is 4.39 Å². The van der Waals surface area contributed by atoms with Crippen molar-refractivity contribution in [1.29, 1.82) is 0 Å². The summed E-state index contributed by atoms with van der Waals surface area (Å²) in [7, 11) is 1.01. The maximum Gasteiger partial charge on any atom is 0.469 e. The minimum absolute atomic E-state index is 0.149. The number of benzene rings is 1. The fraction of sp³-hybridized carbons (Fsp3) is 0.562. The van der Waals surface area contributed by atoms with E-state index >= 15 is 4.39 Å². The molecule has 2 rings (SSSR count). The minimum atomic E-state index is -8.06. The van der Waals surface area contributed by atoms with Crippen molar-refractivity contribution >= 4 is 11.6 Å². The molecule has 1 aliphatic rings. The number of methoxy groups -OCH3 is 1. The highest BCUT2D eigenvalue weighted by Crippen LogP contribution is 2.65. The highest BCUT2D eigenvalue weighted by Gasteiger charge is 2.96. The van der Waals surface area contributed by atoms with Crippen molar-refractivity contribution in [3.63, 3.8) is 0 Å². The summed E-state index contributed by atoms with van der Waals surface area (Å²) in [5.41, 5.74) is -1.10. The van der Waals surface area contributed by atoms with E-state index in [0.29, 0.717) is 17.4 Å². The number of nitrogens with zero attached hydrogens (tertiary/aromatic N) is 2. The number of hydrogen-bond acceptors (Lipinski definition) is 4. The summed E-state index contributed by atoms with van der Waals surface area (Å²) in [4.78, 5) is 3.49. The Morgan fingerprint density at radius 2 is 1.05 bits per heavy atom. The van der Waals surface area contributed by atoms with Gasteiger partial charge in [0.25, 0.3) is 5.91 Å². The second-order valence-electron chi connectivity index (χ2n) is 7.18. The van der Waals surface area contributed by atoms with Gasteiger partial charge in [0.2, 0.25) is 0 Å². The van der Waals surface area contributed by atoms with Gasteiger partial charge in [-0.3, -0.25) is 4.79 Å². The van der Waals surface area contributed by atoms with E-state index in [1.807, 2.05) is 0 Å². The molecule has 0 saturated carbocycles. The normalized spacial score (nSPS) is 23.4. The lowest BCUT2D eigenvalue weighted by molar-refractivity contribution is -0.572. The quantitative estimate of drug-likeness (QED) is 0.334. The van der Waals surface area contributed by atoms with Gasteiger partial charge < -0.3 is 10.1 Å². The third kappa shape index (κ3) is 4.14. The first-order chi connectivity index (χ1) is 16.7. The fourth-order valence-electron chi connectivity index (χ4n) is 3.00.